The van der Waals surface area contributed by atoms with Crippen molar-refractivity contribution in [3.8, 4) is 0 Å². The average Bonchev–Trinajstić information content (AvgIpc) is 2.21. The Hall–Kier alpha value is -1.62. The van der Waals surface area contributed by atoms with Crippen molar-refractivity contribution >= 4 is 11.9 Å². The lowest BCUT2D eigenvalue weighted by molar-refractivity contribution is -0.162. The van der Waals surface area contributed by atoms with Crippen LogP contribution >= 0.6 is 0 Å². The molecule has 1 fully saturated rings. The third-order valence-corrected chi connectivity index (χ3v) is 2.40. The predicted molar refractivity (Wildman–Crippen MR) is 55.8 cm³/mol. The van der Waals surface area contributed by atoms with Crippen molar-refractivity contribution in [2.24, 2.45) is 0 Å². The van der Waals surface area contributed by atoms with Crippen LogP contribution in [0.5, 0.6) is 0 Å². The van der Waals surface area contributed by atoms with Crippen molar-refractivity contribution in [3.63, 3.8) is 0 Å². The Kier molecular flexibility index (Phi) is 4.25. The lowest BCUT2D eigenvalue weighted by Gasteiger charge is -2.34. The molecule has 0 heterocycles. The Morgan fingerprint density at radius 2 is 1.94 bits per heavy atom. The molecule has 88 valence electrons. The second kappa shape index (κ2) is 5.46. The highest BCUT2D eigenvalue weighted by molar-refractivity contribution is 5.93. The molecular weight excluding hydrogens is 212 g/mol. The molecule has 1 saturated carbocycles. The maximum absolute atomic E-state index is 11.4. The van der Waals surface area contributed by atoms with Crippen LogP contribution < -0.4 is 0 Å². The molecule has 0 aromatic rings. The van der Waals surface area contributed by atoms with Crippen LogP contribution in [0.15, 0.2) is 24.3 Å². The minimum Gasteiger partial charge on any atom is -0.478 e. The molecule has 2 atom stereocenters. The highest BCUT2D eigenvalue weighted by Gasteiger charge is 2.34. The number of hydrogen-bond donors (Lipinski definition) is 1. The summed E-state index contributed by atoms with van der Waals surface area (Å²) in [5.41, 5.74) is 0.0177. The third kappa shape index (κ3) is 3.20. The smallest absolute Gasteiger partial charge is 0.337 e. The summed E-state index contributed by atoms with van der Waals surface area (Å²) < 4.78 is 10.1. The first-order valence-corrected chi connectivity index (χ1v) is 4.88. The first-order valence-electron chi connectivity index (χ1n) is 4.88. The molecule has 0 aliphatic heterocycles. The molecule has 2 unspecified atom stereocenters. The summed E-state index contributed by atoms with van der Waals surface area (Å²) >= 11 is 0. The fraction of sp³-hybridized carbons (Fsp3) is 0.455. The Morgan fingerprint density at radius 1 is 1.31 bits per heavy atom. The molecule has 0 radical (unpaired) electrons. The number of aliphatic carboxylic acids is 1. The number of carbonyl (C=O) groups excluding carboxylic acids is 1. The molecule has 0 aromatic carbocycles. The van der Waals surface area contributed by atoms with Gasteiger partial charge in [0.1, 0.15) is 6.10 Å². The summed E-state index contributed by atoms with van der Waals surface area (Å²) in [5.74, 6) is -1.74. The maximum Gasteiger partial charge on any atom is 0.337 e. The molecule has 1 rings (SSSR count). The van der Waals surface area contributed by atoms with Gasteiger partial charge in [-0.2, -0.15) is 0 Å². The molecule has 5 heteroatoms. The molecule has 1 N–H and O–H groups in total. The van der Waals surface area contributed by atoms with Gasteiger partial charge in [-0.15, -0.1) is 0 Å². The fourth-order valence-electron chi connectivity index (χ4n) is 1.30. The van der Waals surface area contributed by atoms with Gasteiger partial charge in [-0.3, -0.25) is 0 Å². The largest absolute Gasteiger partial charge is 0.478 e. The normalized spacial score (nSPS) is 23.8. The highest BCUT2D eigenvalue weighted by Crippen LogP contribution is 2.26. The van der Waals surface area contributed by atoms with Crippen LogP contribution in [-0.4, -0.2) is 36.4 Å². The van der Waals surface area contributed by atoms with E-state index in [1.807, 2.05) is 0 Å². The number of rotatable bonds is 5. The quantitative estimate of drug-likeness (QED) is 0.428. The molecule has 1 aliphatic rings. The van der Waals surface area contributed by atoms with Gasteiger partial charge in [0.15, 0.2) is 0 Å². The van der Waals surface area contributed by atoms with Crippen molar-refractivity contribution in [2.45, 2.75) is 25.0 Å². The van der Waals surface area contributed by atoms with Crippen LogP contribution in [0.3, 0.4) is 0 Å². The highest BCUT2D eigenvalue weighted by atomic mass is 16.6. The molecule has 0 amide bonds. The van der Waals surface area contributed by atoms with Crippen molar-refractivity contribution in [1.29, 1.82) is 0 Å². The van der Waals surface area contributed by atoms with Crippen LogP contribution in [-0.2, 0) is 19.1 Å². The Balaban J connectivity index is 2.40. The summed E-state index contributed by atoms with van der Waals surface area (Å²) in [5, 5.41) is 8.36. The number of carbonyl (C=O) groups is 2. The summed E-state index contributed by atoms with van der Waals surface area (Å²) in [4.78, 5) is 21.6. The standard InChI is InChI=1S/C11H14O5/c1-7(3-6-10(12)13)11(14)16-9-5-4-8(9)15-2/h3,6,8-9H,1,4-5H2,2H3,(H,12,13). The van der Waals surface area contributed by atoms with Crippen LogP contribution in [0, 0.1) is 0 Å². The second-order valence-electron chi connectivity index (χ2n) is 3.49. The van der Waals surface area contributed by atoms with Gasteiger partial charge in [0, 0.05) is 13.2 Å². The molecule has 5 nitrogen and oxygen atoms in total. The maximum atomic E-state index is 11.4. The van der Waals surface area contributed by atoms with Crippen molar-refractivity contribution in [3.05, 3.63) is 24.3 Å². The first-order chi connectivity index (χ1) is 7.54. The summed E-state index contributed by atoms with van der Waals surface area (Å²) in [6.45, 7) is 3.42. The lowest BCUT2D eigenvalue weighted by Crippen LogP contribution is -2.41. The van der Waals surface area contributed by atoms with Crippen LogP contribution in [0.1, 0.15) is 12.8 Å². The predicted octanol–water partition coefficient (Wildman–Crippen LogP) is 0.904. The van der Waals surface area contributed by atoms with Gasteiger partial charge in [-0.25, -0.2) is 9.59 Å². The lowest BCUT2D eigenvalue weighted by atomic mass is 9.92. The Morgan fingerprint density at radius 3 is 2.38 bits per heavy atom. The zero-order chi connectivity index (χ0) is 12.1. The van der Waals surface area contributed by atoms with E-state index in [0.29, 0.717) is 0 Å². The first kappa shape index (κ1) is 12.4. The van der Waals surface area contributed by atoms with Gasteiger partial charge < -0.3 is 14.6 Å². The monoisotopic (exact) mass is 226 g/mol. The minimum atomic E-state index is -1.13. The van der Waals surface area contributed by atoms with Crippen LogP contribution in [0.25, 0.3) is 0 Å². The Bertz CT molecular complexity index is 329. The number of hydrogen-bond acceptors (Lipinski definition) is 4. The molecule has 0 spiro atoms. The molecule has 16 heavy (non-hydrogen) atoms. The number of methoxy groups -OCH3 is 1. The van der Waals surface area contributed by atoms with E-state index in [4.69, 9.17) is 14.6 Å². The number of carboxylic acids is 1. The van der Waals surface area contributed by atoms with E-state index in [0.717, 1.165) is 25.0 Å². The average molecular weight is 226 g/mol. The van der Waals surface area contributed by atoms with E-state index in [2.05, 4.69) is 6.58 Å². The van der Waals surface area contributed by atoms with Gasteiger partial charge >= 0.3 is 11.9 Å². The van der Waals surface area contributed by atoms with E-state index in [9.17, 15) is 9.59 Å². The number of ether oxygens (including phenoxy) is 2. The minimum absolute atomic E-state index is 0.0177. The molecule has 0 aromatic heterocycles. The van der Waals surface area contributed by atoms with Gasteiger partial charge in [0.25, 0.3) is 0 Å². The van der Waals surface area contributed by atoms with E-state index in [-0.39, 0.29) is 17.8 Å². The van der Waals surface area contributed by atoms with Gasteiger partial charge in [0.2, 0.25) is 0 Å². The van der Waals surface area contributed by atoms with Crippen molar-refractivity contribution < 1.29 is 24.2 Å². The van der Waals surface area contributed by atoms with Crippen LogP contribution in [0.4, 0.5) is 0 Å². The topological polar surface area (TPSA) is 72.8 Å². The third-order valence-electron chi connectivity index (χ3n) is 2.40. The van der Waals surface area contributed by atoms with E-state index in [1.165, 1.54) is 0 Å². The summed E-state index contributed by atoms with van der Waals surface area (Å²) in [7, 11) is 1.56. The van der Waals surface area contributed by atoms with Crippen LogP contribution in [0.2, 0.25) is 0 Å². The molecule has 0 saturated heterocycles. The van der Waals surface area contributed by atoms with Crippen molar-refractivity contribution in [2.75, 3.05) is 7.11 Å². The molecular formula is C11H14O5. The van der Waals surface area contributed by atoms with E-state index in [1.54, 1.807) is 7.11 Å². The van der Waals surface area contributed by atoms with Gasteiger partial charge in [-0.1, -0.05) is 6.58 Å². The summed E-state index contributed by atoms with van der Waals surface area (Å²) in [6.07, 6.45) is 3.29. The number of carboxylic acid groups (broad SMARTS) is 1. The van der Waals surface area contributed by atoms with Gasteiger partial charge in [0.05, 0.1) is 11.7 Å². The fourth-order valence-corrected chi connectivity index (χ4v) is 1.30. The van der Waals surface area contributed by atoms with E-state index >= 15 is 0 Å². The Labute approximate surface area is 93.3 Å². The molecule has 0 bridgehead atoms. The zero-order valence-electron chi connectivity index (χ0n) is 9.01. The van der Waals surface area contributed by atoms with Crippen molar-refractivity contribution in [1.82, 2.24) is 0 Å². The van der Waals surface area contributed by atoms with E-state index < -0.39 is 11.9 Å². The zero-order valence-corrected chi connectivity index (χ0v) is 9.01. The second-order valence-corrected chi connectivity index (χ2v) is 3.49. The SMILES string of the molecule is C=C(C=CC(=O)O)C(=O)OC1CCC1OC. The van der Waals surface area contributed by atoms with Gasteiger partial charge in [-0.05, 0) is 18.9 Å². The molecule has 1 aliphatic carbocycles. The number of esters is 1. The summed E-state index contributed by atoms with van der Waals surface area (Å²) in [6, 6.07) is 0.